The monoisotopic (exact) mass is 233 g/mol. The maximum absolute atomic E-state index is 11.3. The number of carboxylic acids is 1. The van der Waals surface area contributed by atoms with Crippen LogP contribution in [0.2, 0.25) is 0 Å². The van der Waals surface area contributed by atoms with Crippen LogP contribution in [0.25, 0.3) is 0 Å². The molecule has 0 aromatic rings. The Hall–Kier alpha value is -1.63. The predicted molar refractivity (Wildman–Crippen MR) is 52.7 cm³/mol. The predicted octanol–water partition coefficient (Wildman–Crippen LogP) is -0.891. The molecule has 0 radical (unpaired) electrons. The minimum atomic E-state index is -1.15. The van der Waals surface area contributed by atoms with Crippen LogP contribution >= 0.6 is 0 Å². The molecule has 0 spiro atoms. The molecule has 0 aromatic carbocycles. The van der Waals surface area contributed by atoms with E-state index in [9.17, 15) is 14.4 Å². The largest absolute Gasteiger partial charge is 0.480 e. The number of hydrogen-bond donors (Lipinski definition) is 1. The number of esters is 1. The van der Waals surface area contributed by atoms with E-state index in [4.69, 9.17) is 5.11 Å². The maximum Gasteiger partial charge on any atom is 0.329 e. The van der Waals surface area contributed by atoms with Crippen LogP contribution in [0.1, 0.15) is 6.92 Å². The number of amides is 1. The first-order chi connectivity index (χ1) is 7.47. The zero-order valence-corrected chi connectivity index (χ0v) is 9.26. The summed E-state index contributed by atoms with van der Waals surface area (Å²) in [5.74, 6) is -2.15. The molecule has 0 aromatic heterocycles. The molecular weight excluding hydrogens is 218 g/mol. The molecule has 0 aliphatic carbocycles. The molecule has 0 saturated heterocycles. The number of rotatable bonds is 7. The highest BCUT2D eigenvalue weighted by molar-refractivity contribution is 5.82. The van der Waals surface area contributed by atoms with Crippen molar-refractivity contribution < 1.29 is 29.0 Å². The molecule has 92 valence electrons. The molecule has 0 bridgehead atoms. The van der Waals surface area contributed by atoms with Crippen LogP contribution in [0.3, 0.4) is 0 Å². The lowest BCUT2D eigenvalue weighted by molar-refractivity contribution is -0.151. The third-order valence-electron chi connectivity index (χ3n) is 1.55. The van der Waals surface area contributed by atoms with Crippen molar-refractivity contribution in [1.29, 1.82) is 0 Å². The average Bonchev–Trinajstić information content (AvgIpc) is 2.17. The topological polar surface area (TPSA) is 93.1 Å². The van der Waals surface area contributed by atoms with Crippen molar-refractivity contribution in [1.82, 2.24) is 4.90 Å². The van der Waals surface area contributed by atoms with Crippen molar-refractivity contribution in [2.24, 2.45) is 0 Å². The second kappa shape index (κ2) is 7.63. The highest BCUT2D eigenvalue weighted by atomic mass is 16.5. The molecule has 7 nitrogen and oxygen atoms in total. The molecule has 1 N–H and O–H groups in total. The first kappa shape index (κ1) is 14.4. The van der Waals surface area contributed by atoms with E-state index in [1.54, 1.807) is 6.92 Å². The van der Waals surface area contributed by atoms with Crippen molar-refractivity contribution in [3.05, 3.63) is 0 Å². The Bertz CT molecular complexity index is 265. The molecule has 0 aliphatic heterocycles. The van der Waals surface area contributed by atoms with Crippen molar-refractivity contribution in [2.75, 3.05) is 33.4 Å². The molecule has 0 heterocycles. The lowest BCUT2D eigenvalue weighted by atomic mass is 10.5. The third-order valence-corrected chi connectivity index (χ3v) is 1.55. The quantitative estimate of drug-likeness (QED) is 0.573. The summed E-state index contributed by atoms with van der Waals surface area (Å²) in [6, 6.07) is 0. The van der Waals surface area contributed by atoms with Crippen LogP contribution in [0.5, 0.6) is 0 Å². The van der Waals surface area contributed by atoms with Crippen molar-refractivity contribution in [2.45, 2.75) is 6.92 Å². The summed E-state index contributed by atoms with van der Waals surface area (Å²) in [6.07, 6.45) is 0. The molecule has 0 fully saturated rings. The SMILES string of the molecule is CCOC(=O)CN(C)C(=O)COCC(=O)O. The van der Waals surface area contributed by atoms with Gasteiger partial charge in [0.1, 0.15) is 19.8 Å². The lowest BCUT2D eigenvalue weighted by Gasteiger charge is -2.15. The van der Waals surface area contributed by atoms with Gasteiger partial charge in [-0.05, 0) is 6.92 Å². The maximum atomic E-state index is 11.3. The number of carbonyl (C=O) groups excluding carboxylic acids is 2. The summed E-state index contributed by atoms with van der Waals surface area (Å²) in [7, 11) is 1.41. The number of ether oxygens (including phenoxy) is 2. The minimum Gasteiger partial charge on any atom is -0.480 e. The lowest BCUT2D eigenvalue weighted by Crippen LogP contribution is -2.35. The van der Waals surface area contributed by atoms with E-state index in [0.29, 0.717) is 0 Å². The number of carboxylic acid groups (broad SMARTS) is 1. The Balaban J connectivity index is 3.81. The van der Waals surface area contributed by atoms with Gasteiger partial charge in [0.05, 0.1) is 6.61 Å². The molecule has 0 unspecified atom stereocenters. The van der Waals surface area contributed by atoms with Crippen LogP contribution in [0.15, 0.2) is 0 Å². The Morgan fingerprint density at radius 1 is 1.25 bits per heavy atom. The van der Waals surface area contributed by atoms with E-state index >= 15 is 0 Å². The van der Waals surface area contributed by atoms with E-state index in [0.717, 1.165) is 4.90 Å². The van der Waals surface area contributed by atoms with E-state index in [1.165, 1.54) is 7.05 Å². The minimum absolute atomic E-state index is 0.177. The fourth-order valence-electron chi connectivity index (χ4n) is 0.824. The number of nitrogens with zero attached hydrogens (tertiary/aromatic N) is 1. The fraction of sp³-hybridized carbons (Fsp3) is 0.667. The van der Waals surface area contributed by atoms with Crippen LogP contribution in [-0.4, -0.2) is 61.3 Å². The molecule has 0 saturated carbocycles. The zero-order chi connectivity index (χ0) is 12.6. The van der Waals surface area contributed by atoms with E-state index < -0.39 is 24.5 Å². The Kier molecular flexibility index (Phi) is 6.86. The summed E-state index contributed by atoms with van der Waals surface area (Å²) in [5.41, 5.74) is 0. The van der Waals surface area contributed by atoms with Gasteiger partial charge in [-0.3, -0.25) is 9.59 Å². The summed E-state index contributed by atoms with van der Waals surface area (Å²) in [6.45, 7) is 0.816. The highest BCUT2D eigenvalue weighted by Crippen LogP contribution is 1.89. The summed E-state index contributed by atoms with van der Waals surface area (Å²) < 4.78 is 9.21. The normalized spacial score (nSPS) is 9.62. The highest BCUT2D eigenvalue weighted by Gasteiger charge is 2.13. The van der Waals surface area contributed by atoms with Crippen molar-refractivity contribution >= 4 is 17.8 Å². The number of hydrogen-bond acceptors (Lipinski definition) is 5. The second-order valence-electron chi connectivity index (χ2n) is 2.94. The van der Waals surface area contributed by atoms with Gasteiger partial charge in [0.15, 0.2) is 0 Å². The van der Waals surface area contributed by atoms with Crippen LogP contribution in [-0.2, 0) is 23.9 Å². The van der Waals surface area contributed by atoms with E-state index in [-0.39, 0.29) is 19.8 Å². The molecule has 1 amide bonds. The first-order valence-electron chi connectivity index (χ1n) is 4.66. The van der Waals surface area contributed by atoms with Crippen molar-refractivity contribution in [3.63, 3.8) is 0 Å². The van der Waals surface area contributed by atoms with Gasteiger partial charge in [-0.15, -0.1) is 0 Å². The standard InChI is InChI=1S/C9H15NO6/c1-3-16-9(14)4-10(2)7(11)5-15-6-8(12)13/h3-6H2,1-2H3,(H,12,13). The molecule has 7 heteroatoms. The van der Waals surface area contributed by atoms with Gasteiger partial charge in [-0.2, -0.15) is 0 Å². The van der Waals surface area contributed by atoms with Gasteiger partial charge >= 0.3 is 11.9 Å². The number of aliphatic carboxylic acids is 1. The first-order valence-corrected chi connectivity index (χ1v) is 4.66. The summed E-state index contributed by atoms with van der Waals surface area (Å²) >= 11 is 0. The second-order valence-corrected chi connectivity index (χ2v) is 2.94. The van der Waals surface area contributed by atoms with Gasteiger partial charge in [0.25, 0.3) is 0 Å². The molecular formula is C9H15NO6. The summed E-state index contributed by atoms with van der Waals surface area (Å²) in [5, 5.41) is 8.26. The third kappa shape index (κ3) is 6.77. The van der Waals surface area contributed by atoms with Crippen LogP contribution < -0.4 is 0 Å². The van der Waals surface area contributed by atoms with Gasteiger partial charge in [0, 0.05) is 7.05 Å². The van der Waals surface area contributed by atoms with E-state index in [1.807, 2.05) is 0 Å². The number of likely N-dealkylation sites (N-methyl/N-ethyl adjacent to an activating group) is 1. The Morgan fingerprint density at radius 3 is 2.38 bits per heavy atom. The molecule has 0 aliphatic rings. The Morgan fingerprint density at radius 2 is 1.88 bits per heavy atom. The van der Waals surface area contributed by atoms with Gasteiger partial charge < -0.3 is 19.5 Å². The molecule has 0 atom stereocenters. The number of carbonyl (C=O) groups is 3. The van der Waals surface area contributed by atoms with Gasteiger partial charge in [0.2, 0.25) is 5.91 Å². The fourth-order valence-corrected chi connectivity index (χ4v) is 0.824. The van der Waals surface area contributed by atoms with Gasteiger partial charge in [-0.25, -0.2) is 4.79 Å². The Labute approximate surface area is 92.9 Å². The van der Waals surface area contributed by atoms with Crippen molar-refractivity contribution in [3.8, 4) is 0 Å². The average molecular weight is 233 g/mol. The smallest absolute Gasteiger partial charge is 0.329 e. The molecule has 16 heavy (non-hydrogen) atoms. The van der Waals surface area contributed by atoms with Crippen LogP contribution in [0, 0.1) is 0 Å². The zero-order valence-electron chi connectivity index (χ0n) is 9.26. The van der Waals surface area contributed by atoms with Crippen LogP contribution in [0.4, 0.5) is 0 Å². The van der Waals surface area contributed by atoms with Gasteiger partial charge in [-0.1, -0.05) is 0 Å². The molecule has 0 rings (SSSR count). The van der Waals surface area contributed by atoms with E-state index in [2.05, 4.69) is 9.47 Å². The summed E-state index contributed by atoms with van der Waals surface area (Å²) in [4.78, 5) is 33.5.